The predicted molar refractivity (Wildman–Crippen MR) is 65.2 cm³/mol. The molecule has 0 heterocycles. The molecule has 6 heteroatoms. The van der Waals surface area contributed by atoms with E-state index >= 15 is 0 Å². The lowest BCUT2D eigenvalue weighted by atomic mass is 9.83. The smallest absolute Gasteiger partial charge is 0.404 e. The second kappa shape index (κ2) is 7.56. The van der Waals surface area contributed by atoms with Gasteiger partial charge in [0, 0.05) is 0 Å². The van der Waals surface area contributed by atoms with Gasteiger partial charge in [-0.05, 0) is 12.3 Å². The molecule has 0 spiro atoms. The van der Waals surface area contributed by atoms with Gasteiger partial charge in [0.2, 0.25) is 0 Å². The highest BCUT2D eigenvalue weighted by atomic mass is 16.4. The second-order valence-corrected chi connectivity index (χ2v) is 5.04. The highest BCUT2D eigenvalue weighted by molar-refractivity contribution is 5.64. The van der Waals surface area contributed by atoms with Gasteiger partial charge in [-0.25, -0.2) is 4.79 Å². The van der Waals surface area contributed by atoms with Crippen molar-refractivity contribution < 1.29 is 25.2 Å². The van der Waals surface area contributed by atoms with Crippen LogP contribution >= 0.6 is 0 Å². The summed E-state index contributed by atoms with van der Waals surface area (Å²) in [6.07, 6.45) is 2.21. The van der Waals surface area contributed by atoms with Gasteiger partial charge in [0.1, 0.15) is 12.2 Å². The first-order valence-electron chi connectivity index (χ1n) is 6.51. The van der Waals surface area contributed by atoms with E-state index in [2.05, 4.69) is 5.32 Å². The number of carbonyl (C=O) groups is 1. The standard InChI is InChI=1S/C12H23NO5/c14-7-10(15)11(16)9(13-12(17)18)6-8-4-2-1-3-5-8/h8-11,13-16H,1-7H2,(H,17,18)/t9?,10?,11-/m1/s1. The van der Waals surface area contributed by atoms with Crippen LogP contribution in [0.1, 0.15) is 38.5 Å². The molecule has 1 aliphatic carbocycles. The third kappa shape index (κ3) is 4.80. The van der Waals surface area contributed by atoms with E-state index in [1.807, 2.05) is 0 Å². The van der Waals surface area contributed by atoms with Gasteiger partial charge in [-0.1, -0.05) is 32.1 Å². The Morgan fingerprint density at radius 1 is 1.22 bits per heavy atom. The molecule has 1 saturated carbocycles. The summed E-state index contributed by atoms with van der Waals surface area (Å²) in [6.45, 7) is -0.580. The van der Waals surface area contributed by atoms with Gasteiger partial charge < -0.3 is 25.7 Å². The second-order valence-electron chi connectivity index (χ2n) is 5.04. The Morgan fingerprint density at radius 2 is 1.83 bits per heavy atom. The van der Waals surface area contributed by atoms with Crippen molar-refractivity contribution in [3.63, 3.8) is 0 Å². The molecule has 1 fully saturated rings. The number of amides is 1. The summed E-state index contributed by atoms with van der Waals surface area (Å²) in [7, 11) is 0. The van der Waals surface area contributed by atoms with Crippen LogP contribution in [0.25, 0.3) is 0 Å². The van der Waals surface area contributed by atoms with E-state index in [0.29, 0.717) is 12.3 Å². The Bertz CT molecular complexity index is 255. The van der Waals surface area contributed by atoms with E-state index in [9.17, 15) is 15.0 Å². The topological polar surface area (TPSA) is 110 Å². The Labute approximate surface area is 107 Å². The molecule has 0 aromatic rings. The zero-order chi connectivity index (χ0) is 13.5. The number of hydrogen-bond acceptors (Lipinski definition) is 4. The summed E-state index contributed by atoms with van der Waals surface area (Å²) >= 11 is 0. The molecular weight excluding hydrogens is 238 g/mol. The molecule has 106 valence electrons. The number of hydrogen-bond donors (Lipinski definition) is 5. The molecule has 0 aromatic heterocycles. The summed E-state index contributed by atoms with van der Waals surface area (Å²) in [6, 6.07) is -0.729. The monoisotopic (exact) mass is 261 g/mol. The van der Waals surface area contributed by atoms with Crippen molar-refractivity contribution in [3.05, 3.63) is 0 Å². The lowest BCUT2D eigenvalue weighted by molar-refractivity contribution is -0.0355. The van der Waals surface area contributed by atoms with E-state index < -0.39 is 30.9 Å². The van der Waals surface area contributed by atoms with Crippen LogP contribution in [0.5, 0.6) is 0 Å². The molecule has 1 amide bonds. The fourth-order valence-corrected chi connectivity index (χ4v) is 2.60. The number of aliphatic hydroxyl groups excluding tert-OH is 3. The number of carboxylic acid groups (broad SMARTS) is 1. The molecule has 2 unspecified atom stereocenters. The van der Waals surface area contributed by atoms with Crippen molar-refractivity contribution in [2.45, 2.75) is 56.8 Å². The van der Waals surface area contributed by atoms with Crippen molar-refractivity contribution in [3.8, 4) is 0 Å². The van der Waals surface area contributed by atoms with E-state index in [1.165, 1.54) is 6.42 Å². The molecule has 0 saturated heterocycles. The maximum Gasteiger partial charge on any atom is 0.404 e. The number of aliphatic hydroxyl groups is 3. The summed E-state index contributed by atoms with van der Waals surface area (Å²) < 4.78 is 0. The maximum atomic E-state index is 10.7. The van der Waals surface area contributed by atoms with Crippen molar-refractivity contribution in [1.29, 1.82) is 0 Å². The van der Waals surface area contributed by atoms with Crippen LogP contribution in [0.3, 0.4) is 0 Å². The van der Waals surface area contributed by atoms with Crippen LogP contribution in [-0.2, 0) is 0 Å². The zero-order valence-corrected chi connectivity index (χ0v) is 10.5. The summed E-state index contributed by atoms with van der Waals surface area (Å²) in [5.41, 5.74) is 0. The first-order valence-corrected chi connectivity index (χ1v) is 6.51. The van der Waals surface area contributed by atoms with Gasteiger partial charge in [0.25, 0.3) is 0 Å². The fourth-order valence-electron chi connectivity index (χ4n) is 2.60. The summed E-state index contributed by atoms with van der Waals surface area (Å²) in [5.74, 6) is 0.371. The third-order valence-electron chi connectivity index (χ3n) is 3.61. The Kier molecular flexibility index (Phi) is 6.38. The first-order chi connectivity index (χ1) is 8.54. The Balaban J connectivity index is 2.55. The van der Waals surface area contributed by atoms with Gasteiger partial charge in [-0.3, -0.25) is 0 Å². The minimum absolute atomic E-state index is 0.371. The maximum absolute atomic E-state index is 10.7. The number of rotatable bonds is 6. The molecule has 0 aromatic carbocycles. The van der Waals surface area contributed by atoms with Gasteiger partial charge in [-0.15, -0.1) is 0 Å². The average molecular weight is 261 g/mol. The molecule has 0 aliphatic heterocycles. The Morgan fingerprint density at radius 3 is 2.33 bits per heavy atom. The fraction of sp³-hybridized carbons (Fsp3) is 0.917. The molecule has 1 rings (SSSR count). The molecule has 18 heavy (non-hydrogen) atoms. The van der Waals surface area contributed by atoms with E-state index in [0.717, 1.165) is 25.7 Å². The molecule has 1 aliphatic rings. The van der Waals surface area contributed by atoms with Crippen molar-refractivity contribution in [1.82, 2.24) is 5.32 Å². The molecular formula is C12H23NO5. The predicted octanol–water partition coefficient (Wildman–Crippen LogP) is 0.307. The minimum Gasteiger partial charge on any atom is -0.465 e. The van der Waals surface area contributed by atoms with Crippen LogP contribution in [0.2, 0.25) is 0 Å². The van der Waals surface area contributed by atoms with Crippen molar-refractivity contribution in [2.75, 3.05) is 6.61 Å². The molecule has 3 atom stereocenters. The molecule has 0 bridgehead atoms. The van der Waals surface area contributed by atoms with Gasteiger partial charge in [0.15, 0.2) is 0 Å². The van der Waals surface area contributed by atoms with Crippen LogP contribution in [0.15, 0.2) is 0 Å². The van der Waals surface area contributed by atoms with Crippen LogP contribution in [-0.4, -0.2) is 51.4 Å². The summed E-state index contributed by atoms with van der Waals surface area (Å²) in [4.78, 5) is 10.7. The minimum atomic E-state index is -1.31. The largest absolute Gasteiger partial charge is 0.465 e. The van der Waals surface area contributed by atoms with Crippen molar-refractivity contribution >= 4 is 6.09 Å². The van der Waals surface area contributed by atoms with E-state index in [-0.39, 0.29) is 0 Å². The summed E-state index contributed by atoms with van der Waals surface area (Å²) in [5, 5.41) is 39.0. The number of nitrogens with one attached hydrogen (secondary N) is 1. The zero-order valence-electron chi connectivity index (χ0n) is 10.5. The molecule has 0 radical (unpaired) electrons. The van der Waals surface area contributed by atoms with Gasteiger partial charge >= 0.3 is 6.09 Å². The SMILES string of the molecule is O=C(O)NC(CC1CCCCC1)[C@@H](O)C(O)CO. The van der Waals surface area contributed by atoms with E-state index in [4.69, 9.17) is 10.2 Å². The first kappa shape index (κ1) is 15.2. The molecule has 6 nitrogen and oxygen atoms in total. The Hall–Kier alpha value is -0.850. The average Bonchev–Trinajstić information content (AvgIpc) is 2.37. The highest BCUT2D eigenvalue weighted by Gasteiger charge is 2.30. The van der Waals surface area contributed by atoms with Gasteiger partial charge in [0.05, 0.1) is 12.6 Å². The van der Waals surface area contributed by atoms with Crippen molar-refractivity contribution in [2.24, 2.45) is 5.92 Å². The lowest BCUT2D eigenvalue weighted by Crippen LogP contribution is -2.50. The van der Waals surface area contributed by atoms with Crippen LogP contribution in [0.4, 0.5) is 4.79 Å². The third-order valence-corrected chi connectivity index (χ3v) is 3.61. The van der Waals surface area contributed by atoms with Gasteiger partial charge in [-0.2, -0.15) is 0 Å². The van der Waals surface area contributed by atoms with E-state index in [1.54, 1.807) is 0 Å². The quantitative estimate of drug-likeness (QED) is 0.472. The normalized spacial score (nSPS) is 22.2. The van der Waals surface area contributed by atoms with Crippen LogP contribution < -0.4 is 5.32 Å². The highest BCUT2D eigenvalue weighted by Crippen LogP contribution is 2.28. The lowest BCUT2D eigenvalue weighted by Gasteiger charge is -2.30. The van der Waals surface area contributed by atoms with Crippen LogP contribution in [0, 0.1) is 5.92 Å². The molecule has 5 N–H and O–H groups in total.